The minimum atomic E-state index is 0.766. The second kappa shape index (κ2) is 3.06. The van der Waals surface area contributed by atoms with Crippen molar-refractivity contribution in [1.29, 1.82) is 0 Å². The summed E-state index contributed by atoms with van der Waals surface area (Å²) in [5.74, 6) is 1.74. The van der Waals surface area contributed by atoms with E-state index in [1.165, 1.54) is 12.8 Å². The van der Waals surface area contributed by atoms with Crippen molar-refractivity contribution in [1.82, 2.24) is 0 Å². The minimum Gasteiger partial charge on any atom is -0.146 e. The van der Waals surface area contributed by atoms with Gasteiger partial charge in [0.1, 0.15) is 0 Å². The van der Waals surface area contributed by atoms with Crippen molar-refractivity contribution in [3.63, 3.8) is 0 Å². The van der Waals surface area contributed by atoms with Gasteiger partial charge in [-0.2, -0.15) is 0 Å². The Morgan fingerprint density at radius 1 is 1.00 bits per heavy atom. The fourth-order valence-corrected chi connectivity index (χ4v) is 4.43. The van der Waals surface area contributed by atoms with Gasteiger partial charge in [-0.05, 0) is 24.7 Å². The van der Waals surface area contributed by atoms with E-state index in [9.17, 15) is 0 Å². The van der Waals surface area contributed by atoms with Gasteiger partial charge in [-0.15, -0.1) is 11.8 Å². The molecule has 0 nitrogen and oxygen atoms in total. The lowest BCUT2D eigenvalue weighted by Gasteiger charge is -2.24. The van der Waals surface area contributed by atoms with Gasteiger partial charge < -0.3 is 0 Å². The molecule has 1 aliphatic heterocycles. The van der Waals surface area contributed by atoms with Crippen LogP contribution in [0.25, 0.3) is 0 Å². The van der Waals surface area contributed by atoms with Gasteiger partial charge in [-0.3, -0.25) is 0 Å². The second-order valence-corrected chi connectivity index (χ2v) is 5.44. The second-order valence-electron chi connectivity index (χ2n) is 4.08. The van der Waals surface area contributed by atoms with Gasteiger partial charge in [0.05, 0.1) is 0 Å². The Kier molecular flexibility index (Phi) is 1.86. The molecule has 1 heterocycles. The van der Waals surface area contributed by atoms with Gasteiger partial charge in [0.25, 0.3) is 0 Å². The molecule has 2 aliphatic carbocycles. The van der Waals surface area contributed by atoms with Gasteiger partial charge >= 0.3 is 0 Å². The van der Waals surface area contributed by atoms with Crippen LogP contribution >= 0.6 is 11.8 Å². The smallest absolute Gasteiger partial charge is 0.0302 e. The summed E-state index contributed by atoms with van der Waals surface area (Å²) in [6.07, 6.45) is 16.7. The molecule has 1 saturated heterocycles. The largest absolute Gasteiger partial charge is 0.146 e. The fraction of sp³-hybridized carbons (Fsp3) is 0.500. The number of rotatable bonds is 0. The minimum absolute atomic E-state index is 0.766. The van der Waals surface area contributed by atoms with Crippen molar-refractivity contribution in [2.45, 2.75) is 23.3 Å². The van der Waals surface area contributed by atoms with Crippen molar-refractivity contribution in [2.24, 2.45) is 11.8 Å². The first-order chi connectivity index (χ1) is 6.45. The molecule has 0 aromatic rings. The van der Waals surface area contributed by atoms with Gasteiger partial charge in [0.15, 0.2) is 0 Å². The summed E-state index contributed by atoms with van der Waals surface area (Å²) in [5, 5.41) is 1.57. The molecule has 0 N–H and O–H groups in total. The standard InChI is InChI=1S/C12H14S/c1-3-7-11-9(5-1)10-6-2-4-8-12(10)13-11/h1,3-5,7-12H,2,6H2. The van der Waals surface area contributed by atoms with Gasteiger partial charge in [0.2, 0.25) is 0 Å². The molecule has 0 bridgehead atoms. The van der Waals surface area contributed by atoms with Crippen LogP contribution in [0.2, 0.25) is 0 Å². The molecule has 1 fully saturated rings. The predicted octanol–water partition coefficient (Wildman–Crippen LogP) is 3.18. The lowest BCUT2D eigenvalue weighted by molar-refractivity contribution is 0.402. The highest BCUT2D eigenvalue weighted by atomic mass is 32.2. The number of hydrogen-bond donors (Lipinski definition) is 0. The van der Waals surface area contributed by atoms with Crippen LogP contribution in [0.4, 0.5) is 0 Å². The summed E-state index contributed by atoms with van der Waals surface area (Å²) in [6.45, 7) is 0. The maximum Gasteiger partial charge on any atom is 0.0302 e. The van der Waals surface area contributed by atoms with E-state index in [-0.39, 0.29) is 0 Å². The zero-order valence-electron chi connectivity index (χ0n) is 7.60. The Morgan fingerprint density at radius 3 is 2.92 bits per heavy atom. The number of allylic oxidation sites excluding steroid dienone is 4. The summed E-state index contributed by atoms with van der Waals surface area (Å²) in [6, 6.07) is 0. The third-order valence-corrected chi connectivity index (χ3v) is 4.95. The molecule has 0 aromatic heterocycles. The zero-order valence-corrected chi connectivity index (χ0v) is 8.41. The molecule has 13 heavy (non-hydrogen) atoms. The molecule has 0 spiro atoms. The van der Waals surface area contributed by atoms with Crippen LogP contribution in [0, 0.1) is 11.8 Å². The van der Waals surface area contributed by atoms with E-state index in [1.54, 1.807) is 0 Å². The first-order valence-corrected chi connectivity index (χ1v) is 6.06. The average molecular weight is 190 g/mol. The van der Waals surface area contributed by atoms with E-state index < -0.39 is 0 Å². The first kappa shape index (κ1) is 7.93. The third-order valence-electron chi connectivity index (χ3n) is 3.35. The highest BCUT2D eigenvalue weighted by molar-refractivity contribution is 8.01. The summed E-state index contributed by atoms with van der Waals surface area (Å²) in [4.78, 5) is 0. The molecule has 4 atom stereocenters. The Morgan fingerprint density at radius 2 is 1.92 bits per heavy atom. The van der Waals surface area contributed by atoms with E-state index in [0.29, 0.717) is 0 Å². The summed E-state index contributed by atoms with van der Waals surface area (Å²) in [5.41, 5.74) is 0. The molecule has 3 aliphatic rings. The van der Waals surface area contributed by atoms with Crippen molar-refractivity contribution < 1.29 is 0 Å². The van der Waals surface area contributed by atoms with Crippen LogP contribution in [-0.2, 0) is 0 Å². The van der Waals surface area contributed by atoms with E-state index in [2.05, 4.69) is 48.2 Å². The van der Waals surface area contributed by atoms with E-state index >= 15 is 0 Å². The molecule has 68 valence electrons. The first-order valence-electron chi connectivity index (χ1n) is 5.12. The normalized spacial score (nSPS) is 46.2. The average Bonchev–Trinajstić information content (AvgIpc) is 2.56. The van der Waals surface area contributed by atoms with Crippen LogP contribution in [0.1, 0.15) is 12.8 Å². The molecular weight excluding hydrogens is 176 g/mol. The Labute approximate surface area is 83.8 Å². The Bertz CT molecular complexity index is 287. The van der Waals surface area contributed by atoms with Crippen LogP contribution in [-0.4, -0.2) is 10.5 Å². The van der Waals surface area contributed by atoms with Crippen LogP contribution in [0.3, 0.4) is 0 Å². The fourth-order valence-electron chi connectivity index (χ4n) is 2.69. The number of hydrogen-bond acceptors (Lipinski definition) is 1. The Hall–Kier alpha value is -0.430. The lowest BCUT2D eigenvalue weighted by atomic mass is 9.80. The molecule has 0 saturated carbocycles. The summed E-state index contributed by atoms with van der Waals surface area (Å²) in [7, 11) is 0. The third kappa shape index (κ3) is 1.21. The summed E-state index contributed by atoms with van der Waals surface area (Å²) >= 11 is 2.15. The van der Waals surface area contributed by atoms with Crippen molar-refractivity contribution in [3.8, 4) is 0 Å². The van der Waals surface area contributed by atoms with E-state index in [0.717, 1.165) is 22.3 Å². The quantitative estimate of drug-likeness (QED) is 0.529. The Balaban J connectivity index is 1.91. The van der Waals surface area contributed by atoms with Crippen LogP contribution in [0.15, 0.2) is 36.5 Å². The molecule has 0 amide bonds. The number of thioether (sulfide) groups is 1. The lowest BCUT2D eigenvalue weighted by Crippen LogP contribution is -2.21. The predicted molar refractivity (Wildman–Crippen MR) is 58.8 cm³/mol. The maximum atomic E-state index is 2.43. The zero-order chi connectivity index (χ0) is 8.67. The van der Waals surface area contributed by atoms with Crippen molar-refractivity contribution in [2.75, 3.05) is 0 Å². The monoisotopic (exact) mass is 190 g/mol. The summed E-state index contributed by atoms with van der Waals surface area (Å²) < 4.78 is 0. The number of fused-ring (bicyclic) bond motifs is 3. The highest BCUT2D eigenvalue weighted by Crippen LogP contribution is 2.49. The highest BCUT2D eigenvalue weighted by Gasteiger charge is 2.41. The van der Waals surface area contributed by atoms with Crippen LogP contribution < -0.4 is 0 Å². The van der Waals surface area contributed by atoms with Crippen LogP contribution in [0.5, 0.6) is 0 Å². The van der Waals surface area contributed by atoms with E-state index in [4.69, 9.17) is 0 Å². The van der Waals surface area contributed by atoms with Gasteiger partial charge in [-0.1, -0.05) is 36.5 Å². The molecule has 0 aromatic carbocycles. The molecule has 3 rings (SSSR count). The molecule has 0 radical (unpaired) electrons. The molecular formula is C12H14S. The molecule has 4 unspecified atom stereocenters. The van der Waals surface area contributed by atoms with Crippen molar-refractivity contribution >= 4 is 11.8 Å². The SMILES string of the molecule is C1=CC2SC3C=CCCC3C2C=C1. The maximum absolute atomic E-state index is 2.43. The van der Waals surface area contributed by atoms with Gasteiger partial charge in [-0.25, -0.2) is 0 Å². The van der Waals surface area contributed by atoms with Crippen molar-refractivity contribution in [3.05, 3.63) is 36.5 Å². The van der Waals surface area contributed by atoms with Gasteiger partial charge in [0, 0.05) is 10.5 Å². The topological polar surface area (TPSA) is 0 Å². The van der Waals surface area contributed by atoms with E-state index in [1.807, 2.05) is 0 Å². The molecule has 1 heteroatoms.